The molecule has 0 unspecified atom stereocenters. The van der Waals surface area contributed by atoms with E-state index in [0.717, 1.165) is 31.1 Å². The predicted octanol–water partition coefficient (Wildman–Crippen LogP) is 5.05. The molecular weight excluding hydrogens is 427 g/mol. The van der Waals surface area contributed by atoms with E-state index in [1.807, 2.05) is 6.07 Å². The first kappa shape index (κ1) is 22.2. The van der Waals surface area contributed by atoms with Gasteiger partial charge in [0.2, 0.25) is 0 Å². The zero-order valence-electron chi connectivity index (χ0n) is 14.0. The van der Waals surface area contributed by atoms with Gasteiger partial charge in [-0.25, -0.2) is 0 Å². The molecule has 0 bridgehead atoms. The molecule has 0 aliphatic carbocycles. The topological polar surface area (TPSA) is 24.5 Å². The van der Waals surface area contributed by atoms with Gasteiger partial charge in [0.1, 0.15) is 5.75 Å². The van der Waals surface area contributed by atoms with Gasteiger partial charge in [0.25, 0.3) is 0 Å². The highest BCUT2D eigenvalue weighted by atomic mass is 35.5. The van der Waals surface area contributed by atoms with Crippen molar-refractivity contribution < 1.29 is 22.3 Å². The van der Waals surface area contributed by atoms with Crippen molar-refractivity contribution in [2.45, 2.75) is 18.6 Å². The summed E-state index contributed by atoms with van der Waals surface area (Å²) in [5.41, 5.74) is 0.688. The van der Waals surface area contributed by atoms with Gasteiger partial charge in [-0.05, 0) is 29.8 Å². The van der Waals surface area contributed by atoms with Crippen LogP contribution < -0.4 is 10.1 Å². The second-order valence-electron chi connectivity index (χ2n) is 5.87. The Balaban J connectivity index is 0.00000261. The van der Waals surface area contributed by atoms with Gasteiger partial charge in [-0.3, -0.25) is 4.90 Å². The molecule has 150 valence electrons. The molecule has 1 aromatic carbocycles. The van der Waals surface area contributed by atoms with Crippen LogP contribution in [0.5, 0.6) is 5.75 Å². The number of halogens is 6. The van der Waals surface area contributed by atoms with Gasteiger partial charge >= 0.3 is 12.5 Å². The van der Waals surface area contributed by atoms with Gasteiger partial charge in [-0.2, -0.15) is 17.6 Å². The fraction of sp³-hybridized carbons (Fsp3) is 0.412. The quantitative estimate of drug-likeness (QED) is 0.630. The Morgan fingerprint density at radius 2 is 1.85 bits per heavy atom. The molecule has 0 saturated carbocycles. The van der Waals surface area contributed by atoms with Gasteiger partial charge in [0.15, 0.2) is 0 Å². The van der Waals surface area contributed by atoms with Crippen molar-refractivity contribution in [3.8, 4) is 5.75 Å². The minimum atomic E-state index is -4.53. The normalized spacial score (nSPS) is 16.8. The maximum atomic E-state index is 13.2. The summed E-state index contributed by atoms with van der Waals surface area (Å²) < 4.78 is 56.2. The van der Waals surface area contributed by atoms with Crippen LogP contribution in [0.25, 0.3) is 0 Å². The summed E-state index contributed by atoms with van der Waals surface area (Å²) in [6, 6.07) is 9.39. The highest BCUT2D eigenvalue weighted by Gasteiger charge is 2.44. The molecule has 1 saturated heterocycles. The highest BCUT2D eigenvalue weighted by molar-refractivity contribution is 7.16. The predicted molar refractivity (Wildman–Crippen MR) is 101 cm³/mol. The van der Waals surface area contributed by atoms with Crippen molar-refractivity contribution in [2.75, 3.05) is 26.2 Å². The Labute approximate surface area is 169 Å². The maximum absolute atomic E-state index is 13.2. The summed E-state index contributed by atoms with van der Waals surface area (Å²) in [7, 11) is 0. The molecule has 27 heavy (non-hydrogen) atoms. The molecule has 2 heterocycles. The van der Waals surface area contributed by atoms with Crippen LogP contribution in [0, 0.1) is 0 Å². The van der Waals surface area contributed by atoms with E-state index >= 15 is 0 Å². The lowest BCUT2D eigenvalue weighted by Crippen LogP contribution is -2.45. The van der Waals surface area contributed by atoms with E-state index in [2.05, 4.69) is 15.0 Å². The summed E-state index contributed by atoms with van der Waals surface area (Å²) in [5, 5.41) is 3.26. The van der Waals surface area contributed by atoms with Crippen molar-refractivity contribution in [3.05, 3.63) is 51.2 Å². The molecule has 1 atom stereocenters. The smallest absolute Gasteiger partial charge is 0.428 e. The number of hydrogen-bond donors (Lipinski definition) is 1. The van der Waals surface area contributed by atoms with Gasteiger partial charge in [0.05, 0.1) is 10.4 Å². The molecule has 1 aromatic heterocycles. The highest BCUT2D eigenvalue weighted by Crippen LogP contribution is 2.37. The lowest BCUT2D eigenvalue weighted by molar-refractivity contribution is -0.253. The number of alkyl halides is 4. The zero-order chi connectivity index (χ0) is 18.7. The summed E-state index contributed by atoms with van der Waals surface area (Å²) in [6.07, 6.45) is -8.43. The molecule has 2 aromatic rings. The number of hydrogen-bond acceptors (Lipinski definition) is 4. The number of thiophene rings is 1. The third kappa shape index (κ3) is 5.48. The van der Waals surface area contributed by atoms with Crippen LogP contribution in [0.3, 0.4) is 0 Å². The second kappa shape index (κ2) is 9.43. The molecule has 1 fully saturated rings. The Bertz CT molecular complexity index is 741. The Morgan fingerprint density at radius 3 is 2.44 bits per heavy atom. The largest absolute Gasteiger partial charge is 0.461 e. The molecule has 1 aliphatic heterocycles. The first-order valence-corrected chi connectivity index (χ1v) is 9.21. The van der Waals surface area contributed by atoms with Crippen LogP contribution in [0.15, 0.2) is 36.4 Å². The lowest BCUT2D eigenvalue weighted by atomic mass is 10.0. The summed E-state index contributed by atoms with van der Waals surface area (Å²) in [6.45, 7) is 3.13. The van der Waals surface area contributed by atoms with Crippen LogP contribution in [0.4, 0.5) is 17.6 Å². The Hall–Kier alpha value is -1.06. The molecule has 3 rings (SSSR count). The minimum absolute atomic E-state index is 0. The van der Waals surface area contributed by atoms with Crippen molar-refractivity contribution in [1.29, 1.82) is 0 Å². The van der Waals surface area contributed by atoms with Crippen molar-refractivity contribution in [3.63, 3.8) is 0 Å². The molecule has 0 amide bonds. The molecule has 1 aliphatic rings. The van der Waals surface area contributed by atoms with Gasteiger partial charge in [-0.1, -0.05) is 23.7 Å². The Kier molecular flexibility index (Phi) is 7.76. The fourth-order valence-electron chi connectivity index (χ4n) is 2.92. The van der Waals surface area contributed by atoms with E-state index in [1.165, 1.54) is 29.5 Å². The van der Waals surface area contributed by atoms with Crippen LogP contribution in [0.2, 0.25) is 4.34 Å². The van der Waals surface area contributed by atoms with Gasteiger partial charge in [0, 0.05) is 31.1 Å². The first-order valence-electron chi connectivity index (χ1n) is 8.02. The van der Waals surface area contributed by atoms with Gasteiger partial charge < -0.3 is 10.1 Å². The minimum Gasteiger partial charge on any atom is -0.428 e. The standard InChI is InChI=1S/C17H17ClF4N2OS.ClH/c18-14-5-4-13(26-14)15(24-8-6-23-7-9-24)11-2-1-3-12(10-11)25-17(21,22)16(19)20;/h1-5,10,15-16,23H,6-9H2;1H/t15-;/m1./s1. The van der Waals surface area contributed by atoms with Crippen LogP contribution in [-0.4, -0.2) is 43.6 Å². The zero-order valence-corrected chi connectivity index (χ0v) is 16.4. The van der Waals surface area contributed by atoms with E-state index in [4.69, 9.17) is 11.6 Å². The first-order chi connectivity index (χ1) is 12.4. The average molecular weight is 445 g/mol. The third-order valence-corrected chi connectivity index (χ3v) is 5.35. The van der Waals surface area contributed by atoms with E-state index < -0.39 is 12.5 Å². The van der Waals surface area contributed by atoms with Crippen molar-refractivity contribution in [2.24, 2.45) is 0 Å². The van der Waals surface area contributed by atoms with Crippen molar-refractivity contribution in [1.82, 2.24) is 10.2 Å². The van der Waals surface area contributed by atoms with Crippen LogP contribution in [-0.2, 0) is 0 Å². The van der Waals surface area contributed by atoms with Crippen LogP contribution >= 0.6 is 35.3 Å². The molecule has 1 N–H and O–H groups in total. The number of nitrogens with zero attached hydrogens (tertiary/aromatic N) is 1. The van der Waals surface area contributed by atoms with Gasteiger partial charge in [-0.15, -0.1) is 23.7 Å². The fourth-order valence-corrected chi connectivity index (χ4v) is 4.14. The van der Waals surface area contributed by atoms with Crippen molar-refractivity contribution >= 4 is 35.3 Å². The lowest BCUT2D eigenvalue weighted by Gasteiger charge is -2.35. The summed E-state index contributed by atoms with van der Waals surface area (Å²) >= 11 is 7.47. The van der Waals surface area contributed by atoms with E-state index in [9.17, 15) is 17.6 Å². The molecule has 0 radical (unpaired) electrons. The van der Waals surface area contributed by atoms with E-state index in [-0.39, 0.29) is 24.2 Å². The number of benzene rings is 1. The van der Waals surface area contributed by atoms with E-state index in [1.54, 1.807) is 12.1 Å². The Morgan fingerprint density at radius 1 is 1.15 bits per heavy atom. The second-order valence-corrected chi connectivity index (χ2v) is 7.61. The monoisotopic (exact) mass is 444 g/mol. The average Bonchev–Trinajstić information content (AvgIpc) is 3.02. The maximum Gasteiger partial charge on any atom is 0.461 e. The molecule has 3 nitrogen and oxygen atoms in total. The summed E-state index contributed by atoms with van der Waals surface area (Å²) in [5.74, 6) is -0.296. The number of piperazine rings is 1. The summed E-state index contributed by atoms with van der Waals surface area (Å²) in [4.78, 5) is 3.15. The molecule has 10 heteroatoms. The molecular formula is C17H18Cl2F4N2OS. The van der Waals surface area contributed by atoms with Crippen LogP contribution in [0.1, 0.15) is 16.5 Å². The number of rotatable bonds is 6. The van der Waals surface area contributed by atoms with E-state index in [0.29, 0.717) is 9.90 Å². The molecule has 0 spiro atoms. The third-order valence-electron chi connectivity index (χ3n) is 4.06. The SMILES string of the molecule is Cl.FC(F)C(F)(F)Oc1cccc([C@H](c2ccc(Cl)s2)N2CCNCC2)c1. The number of ether oxygens (including phenoxy) is 1. The number of nitrogens with one attached hydrogen (secondary N) is 1.